The maximum Gasteiger partial charge on any atom is 0.118 e. The van der Waals surface area contributed by atoms with E-state index in [1.54, 1.807) is 14.2 Å². The van der Waals surface area contributed by atoms with E-state index in [9.17, 15) is 0 Å². The number of benzene rings is 1. The average molecular weight is 257 g/mol. The second-order valence-corrected chi connectivity index (χ2v) is 4.71. The molecular weight excluding hydrogens is 240 g/mol. The highest BCUT2D eigenvalue weighted by Crippen LogP contribution is 2.32. The Kier molecular flexibility index (Phi) is 4.26. The molecule has 1 aliphatic carbocycles. The lowest BCUT2D eigenvalue weighted by Gasteiger charge is -2.39. The zero-order chi connectivity index (χ0) is 12.3. The number of ether oxygens (including phenoxy) is 3. The predicted molar refractivity (Wildman–Crippen MR) is 66.6 cm³/mol. The van der Waals surface area contributed by atoms with Crippen LogP contribution in [0.15, 0.2) is 24.3 Å². The molecule has 1 saturated carbocycles. The van der Waals surface area contributed by atoms with Crippen LogP contribution in [0, 0.1) is 0 Å². The molecule has 1 aromatic carbocycles. The summed E-state index contributed by atoms with van der Waals surface area (Å²) in [5.41, 5.74) is 1.12. The summed E-state index contributed by atoms with van der Waals surface area (Å²) in [4.78, 5) is 0. The first-order valence-electron chi connectivity index (χ1n) is 5.66. The van der Waals surface area contributed by atoms with Gasteiger partial charge in [-0.2, -0.15) is 0 Å². The fraction of sp³-hybridized carbons (Fsp3) is 0.538. The number of alkyl halides is 1. The molecule has 0 amide bonds. The zero-order valence-electron chi connectivity index (χ0n) is 10.1. The summed E-state index contributed by atoms with van der Waals surface area (Å²) in [7, 11) is 3.33. The van der Waals surface area contributed by atoms with Gasteiger partial charge in [0.15, 0.2) is 0 Å². The van der Waals surface area contributed by atoms with Crippen LogP contribution in [0.25, 0.3) is 0 Å². The quantitative estimate of drug-likeness (QED) is 0.758. The third kappa shape index (κ3) is 2.92. The van der Waals surface area contributed by atoms with Gasteiger partial charge in [-0.15, -0.1) is 11.6 Å². The van der Waals surface area contributed by atoms with Crippen molar-refractivity contribution in [1.82, 2.24) is 0 Å². The van der Waals surface area contributed by atoms with Crippen LogP contribution in [-0.2, 0) is 16.1 Å². The molecule has 3 atom stereocenters. The van der Waals surface area contributed by atoms with Crippen molar-refractivity contribution in [3.8, 4) is 5.75 Å². The Balaban J connectivity index is 1.81. The summed E-state index contributed by atoms with van der Waals surface area (Å²) in [6, 6.07) is 7.85. The van der Waals surface area contributed by atoms with Crippen LogP contribution in [0.1, 0.15) is 12.0 Å². The third-order valence-electron chi connectivity index (χ3n) is 3.08. The molecule has 2 rings (SSSR count). The number of methoxy groups -OCH3 is 2. The van der Waals surface area contributed by atoms with Gasteiger partial charge in [-0.25, -0.2) is 0 Å². The highest BCUT2D eigenvalue weighted by Gasteiger charge is 2.40. The van der Waals surface area contributed by atoms with Crippen LogP contribution in [0.5, 0.6) is 5.75 Å². The second-order valence-electron chi connectivity index (χ2n) is 4.15. The molecule has 17 heavy (non-hydrogen) atoms. The van der Waals surface area contributed by atoms with Gasteiger partial charge >= 0.3 is 0 Å². The molecule has 1 aliphatic rings. The predicted octanol–water partition coefficient (Wildman–Crippen LogP) is 2.61. The van der Waals surface area contributed by atoms with Crippen LogP contribution >= 0.6 is 11.6 Å². The lowest BCUT2D eigenvalue weighted by atomic mass is 9.91. The fourth-order valence-electron chi connectivity index (χ4n) is 1.91. The van der Waals surface area contributed by atoms with E-state index in [1.807, 2.05) is 24.3 Å². The van der Waals surface area contributed by atoms with Crippen molar-refractivity contribution >= 4 is 11.6 Å². The fourth-order valence-corrected chi connectivity index (χ4v) is 2.36. The van der Waals surface area contributed by atoms with E-state index in [1.165, 1.54) is 0 Å². The van der Waals surface area contributed by atoms with Crippen molar-refractivity contribution in [2.24, 2.45) is 0 Å². The Labute approximate surface area is 107 Å². The van der Waals surface area contributed by atoms with E-state index in [-0.39, 0.29) is 17.6 Å². The van der Waals surface area contributed by atoms with Gasteiger partial charge in [-0.3, -0.25) is 0 Å². The van der Waals surface area contributed by atoms with Gasteiger partial charge in [0, 0.05) is 7.11 Å². The summed E-state index contributed by atoms with van der Waals surface area (Å²) in [6.45, 7) is 0.581. The van der Waals surface area contributed by atoms with Gasteiger partial charge in [0.2, 0.25) is 0 Å². The maximum absolute atomic E-state index is 6.01. The van der Waals surface area contributed by atoms with Crippen LogP contribution in [-0.4, -0.2) is 31.8 Å². The lowest BCUT2D eigenvalue weighted by Crippen LogP contribution is -2.50. The molecule has 0 N–H and O–H groups in total. The molecule has 3 nitrogen and oxygen atoms in total. The van der Waals surface area contributed by atoms with Gasteiger partial charge < -0.3 is 14.2 Å². The summed E-state index contributed by atoms with van der Waals surface area (Å²) in [6.07, 6.45) is 0.996. The molecule has 0 bridgehead atoms. The van der Waals surface area contributed by atoms with Crippen molar-refractivity contribution in [2.75, 3.05) is 14.2 Å². The molecule has 3 unspecified atom stereocenters. The van der Waals surface area contributed by atoms with E-state index in [4.69, 9.17) is 25.8 Å². The first-order chi connectivity index (χ1) is 8.24. The van der Waals surface area contributed by atoms with Crippen molar-refractivity contribution in [3.05, 3.63) is 29.8 Å². The molecule has 4 heteroatoms. The minimum atomic E-state index is 0.0231. The molecule has 0 saturated heterocycles. The molecule has 1 fully saturated rings. The Bertz CT molecular complexity index is 352. The molecule has 0 aliphatic heterocycles. The Hall–Kier alpha value is -0.770. The Morgan fingerprint density at radius 1 is 1.24 bits per heavy atom. The summed E-state index contributed by atoms with van der Waals surface area (Å²) in [5, 5.41) is 0.0841. The lowest BCUT2D eigenvalue weighted by molar-refractivity contribution is -0.116. The molecule has 0 spiro atoms. The number of hydrogen-bond acceptors (Lipinski definition) is 3. The number of hydrogen-bond donors (Lipinski definition) is 0. The van der Waals surface area contributed by atoms with Gasteiger partial charge in [-0.1, -0.05) is 12.1 Å². The van der Waals surface area contributed by atoms with E-state index in [0.29, 0.717) is 6.61 Å². The van der Waals surface area contributed by atoms with Crippen LogP contribution in [0.2, 0.25) is 0 Å². The van der Waals surface area contributed by atoms with Crippen molar-refractivity contribution in [1.29, 1.82) is 0 Å². The highest BCUT2D eigenvalue weighted by atomic mass is 35.5. The SMILES string of the molecule is COc1ccc(COC2CC(Cl)C2OC)cc1. The number of halogens is 1. The second kappa shape index (κ2) is 5.71. The molecule has 1 aromatic rings. The first kappa shape index (κ1) is 12.7. The topological polar surface area (TPSA) is 27.7 Å². The van der Waals surface area contributed by atoms with E-state index >= 15 is 0 Å². The van der Waals surface area contributed by atoms with Crippen molar-refractivity contribution in [2.45, 2.75) is 30.6 Å². The van der Waals surface area contributed by atoms with Crippen LogP contribution in [0.3, 0.4) is 0 Å². The monoisotopic (exact) mass is 256 g/mol. The summed E-state index contributed by atoms with van der Waals surface area (Å²) in [5.74, 6) is 0.855. The maximum atomic E-state index is 6.01. The van der Waals surface area contributed by atoms with Gasteiger partial charge in [0.25, 0.3) is 0 Å². The molecule has 94 valence electrons. The smallest absolute Gasteiger partial charge is 0.118 e. The minimum absolute atomic E-state index is 0.0231. The van der Waals surface area contributed by atoms with Crippen LogP contribution in [0.4, 0.5) is 0 Å². The summed E-state index contributed by atoms with van der Waals surface area (Å²) < 4.78 is 16.1. The molecule has 0 heterocycles. The average Bonchev–Trinajstić information content (AvgIpc) is 2.35. The zero-order valence-corrected chi connectivity index (χ0v) is 10.8. The molecule has 0 radical (unpaired) electrons. The van der Waals surface area contributed by atoms with Gasteiger partial charge in [0.1, 0.15) is 5.75 Å². The van der Waals surface area contributed by atoms with E-state index < -0.39 is 0 Å². The first-order valence-corrected chi connectivity index (χ1v) is 6.09. The standard InChI is InChI=1S/C13H17ClO3/c1-15-10-5-3-9(4-6-10)8-17-12-7-11(14)13(12)16-2/h3-6,11-13H,7-8H2,1-2H3. The Morgan fingerprint density at radius 2 is 1.94 bits per heavy atom. The minimum Gasteiger partial charge on any atom is -0.497 e. The number of rotatable bonds is 5. The Morgan fingerprint density at radius 3 is 2.47 bits per heavy atom. The normalized spacial score (nSPS) is 27.6. The van der Waals surface area contributed by atoms with E-state index in [0.717, 1.165) is 17.7 Å². The van der Waals surface area contributed by atoms with Crippen molar-refractivity contribution < 1.29 is 14.2 Å². The molecule has 0 aromatic heterocycles. The third-order valence-corrected chi connectivity index (χ3v) is 3.50. The van der Waals surface area contributed by atoms with Crippen molar-refractivity contribution in [3.63, 3.8) is 0 Å². The largest absolute Gasteiger partial charge is 0.497 e. The molecular formula is C13H17ClO3. The van der Waals surface area contributed by atoms with Gasteiger partial charge in [0.05, 0.1) is 31.3 Å². The van der Waals surface area contributed by atoms with Gasteiger partial charge in [-0.05, 0) is 24.1 Å². The summed E-state index contributed by atoms with van der Waals surface area (Å²) >= 11 is 6.01. The van der Waals surface area contributed by atoms with E-state index in [2.05, 4.69) is 0 Å². The van der Waals surface area contributed by atoms with Crippen LogP contribution < -0.4 is 4.74 Å². The highest BCUT2D eigenvalue weighted by molar-refractivity contribution is 6.21.